The van der Waals surface area contributed by atoms with Gasteiger partial charge in [-0.2, -0.15) is 0 Å². The number of ether oxygens (including phenoxy) is 1. The first kappa shape index (κ1) is 17.6. The molecule has 1 aliphatic heterocycles. The summed E-state index contributed by atoms with van der Waals surface area (Å²) in [6.07, 6.45) is 4.80. The van der Waals surface area contributed by atoms with Crippen molar-refractivity contribution in [2.75, 3.05) is 13.7 Å². The van der Waals surface area contributed by atoms with Crippen LogP contribution in [-0.2, 0) is 19.5 Å². The fourth-order valence-electron chi connectivity index (χ4n) is 5.25. The lowest BCUT2D eigenvalue weighted by Crippen LogP contribution is -2.31. The van der Waals surface area contributed by atoms with Gasteiger partial charge in [0.25, 0.3) is 0 Å². The molecule has 0 unspecified atom stereocenters. The fraction of sp³-hybridized carbons (Fsp3) is 0.417. The Hall–Kier alpha value is -2.46. The predicted molar refractivity (Wildman–Crippen MR) is 112 cm³/mol. The van der Waals surface area contributed by atoms with Crippen molar-refractivity contribution in [2.24, 2.45) is 0 Å². The molecule has 4 heteroatoms. The molecular formula is C24H28N2O2. The van der Waals surface area contributed by atoms with E-state index in [2.05, 4.69) is 40.7 Å². The molecule has 2 aliphatic rings. The summed E-state index contributed by atoms with van der Waals surface area (Å²) in [5.41, 5.74) is 7.01. The third kappa shape index (κ3) is 2.78. The Kier molecular flexibility index (Phi) is 4.31. The van der Waals surface area contributed by atoms with E-state index in [1.807, 2.05) is 12.1 Å². The molecule has 0 saturated carbocycles. The number of nitrogens with zero attached hydrogens (tertiary/aromatic N) is 2. The zero-order chi connectivity index (χ0) is 19.3. The molecule has 1 N–H and O–H groups in total. The van der Waals surface area contributed by atoms with Crippen molar-refractivity contribution in [2.45, 2.75) is 51.7 Å². The minimum atomic E-state index is 0.226. The summed E-state index contributed by atoms with van der Waals surface area (Å²) in [7, 11) is 1.59. The van der Waals surface area contributed by atoms with Gasteiger partial charge in [0, 0.05) is 36.2 Å². The Morgan fingerprint density at radius 1 is 1.11 bits per heavy atom. The van der Waals surface area contributed by atoms with Crippen LogP contribution in [0.2, 0.25) is 0 Å². The molecule has 0 amide bonds. The summed E-state index contributed by atoms with van der Waals surface area (Å²) in [5, 5.41) is 11.6. The standard InChI is InChI=1S/C24H28N2O2/c1-16-7-9-20-19(13-16)18-5-3-6-21-24(18)26(20)12-4-11-25(21)15-17-8-10-23(28-2)22(27)14-17/h7-10,13-14,21,27H,3-6,11-12,15H2,1-2H3/t21-/m0/s1. The number of hydrogen-bond donors (Lipinski definition) is 1. The van der Waals surface area contributed by atoms with Gasteiger partial charge in [0.2, 0.25) is 0 Å². The van der Waals surface area contributed by atoms with Gasteiger partial charge in [-0.15, -0.1) is 0 Å². The number of aryl methyl sites for hydroxylation is 3. The lowest BCUT2D eigenvalue weighted by molar-refractivity contribution is 0.173. The lowest BCUT2D eigenvalue weighted by Gasteiger charge is -2.33. The summed E-state index contributed by atoms with van der Waals surface area (Å²) in [5.74, 6) is 0.763. The Labute approximate surface area is 166 Å². The van der Waals surface area contributed by atoms with Crippen LogP contribution >= 0.6 is 0 Å². The van der Waals surface area contributed by atoms with Crippen LogP contribution in [0.25, 0.3) is 10.9 Å². The first-order valence-corrected chi connectivity index (χ1v) is 10.4. The predicted octanol–water partition coefficient (Wildman–Crippen LogP) is 4.95. The molecule has 0 saturated heterocycles. The van der Waals surface area contributed by atoms with E-state index in [0.717, 1.165) is 31.6 Å². The zero-order valence-electron chi connectivity index (χ0n) is 16.7. The molecule has 0 radical (unpaired) electrons. The Morgan fingerprint density at radius 3 is 2.82 bits per heavy atom. The molecule has 1 aromatic heterocycles. The normalized spacial score (nSPS) is 19.4. The van der Waals surface area contributed by atoms with Crippen LogP contribution in [0.5, 0.6) is 11.5 Å². The van der Waals surface area contributed by atoms with Crippen molar-refractivity contribution in [1.29, 1.82) is 0 Å². The summed E-state index contributed by atoms with van der Waals surface area (Å²) >= 11 is 0. The highest BCUT2D eigenvalue weighted by molar-refractivity contribution is 5.86. The average molecular weight is 377 g/mol. The number of aromatic nitrogens is 1. The molecule has 0 spiro atoms. The first-order valence-electron chi connectivity index (χ1n) is 10.4. The van der Waals surface area contributed by atoms with Crippen molar-refractivity contribution >= 4 is 10.9 Å². The minimum Gasteiger partial charge on any atom is -0.504 e. The number of fused-ring (bicyclic) bond motifs is 3. The SMILES string of the molecule is COc1ccc(CN2CCCn3c4c(c5cc(C)ccc53)CCC[C@@H]42)cc1O. The van der Waals surface area contributed by atoms with Gasteiger partial charge in [-0.3, -0.25) is 4.90 Å². The lowest BCUT2D eigenvalue weighted by atomic mass is 9.90. The van der Waals surface area contributed by atoms with Crippen LogP contribution in [0.1, 0.15) is 47.7 Å². The zero-order valence-corrected chi connectivity index (χ0v) is 16.7. The van der Waals surface area contributed by atoms with Crippen LogP contribution in [0.15, 0.2) is 36.4 Å². The second kappa shape index (κ2) is 6.85. The molecule has 0 fully saturated rings. The summed E-state index contributed by atoms with van der Waals surface area (Å²) in [6, 6.07) is 13.2. The van der Waals surface area contributed by atoms with E-state index in [4.69, 9.17) is 4.74 Å². The number of phenolic OH excluding ortho intramolecular Hbond substituents is 1. The molecule has 1 atom stereocenters. The molecule has 4 nitrogen and oxygen atoms in total. The van der Waals surface area contributed by atoms with Crippen LogP contribution in [0.3, 0.4) is 0 Å². The van der Waals surface area contributed by atoms with Gasteiger partial charge >= 0.3 is 0 Å². The van der Waals surface area contributed by atoms with E-state index < -0.39 is 0 Å². The number of aromatic hydroxyl groups is 1. The quantitative estimate of drug-likeness (QED) is 0.703. The highest BCUT2D eigenvalue weighted by Crippen LogP contribution is 2.43. The van der Waals surface area contributed by atoms with E-state index >= 15 is 0 Å². The van der Waals surface area contributed by atoms with Crippen LogP contribution in [0.4, 0.5) is 0 Å². The summed E-state index contributed by atoms with van der Waals surface area (Å²) in [4.78, 5) is 2.62. The van der Waals surface area contributed by atoms with Gasteiger partial charge in [0.1, 0.15) is 0 Å². The van der Waals surface area contributed by atoms with Gasteiger partial charge in [-0.25, -0.2) is 0 Å². The summed E-state index contributed by atoms with van der Waals surface area (Å²) in [6.45, 7) is 5.24. The molecule has 3 aromatic rings. The number of methoxy groups -OCH3 is 1. The smallest absolute Gasteiger partial charge is 0.160 e. The van der Waals surface area contributed by atoms with Gasteiger partial charge in [-0.1, -0.05) is 17.7 Å². The maximum absolute atomic E-state index is 10.2. The fourth-order valence-corrected chi connectivity index (χ4v) is 5.25. The topological polar surface area (TPSA) is 37.6 Å². The third-order valence-electron chi connectivity index (χ3n) is 6.48. The minimum absolute atomic E-state index is 0.226. The maximum atomic E-state index is 10.2. The Morgan fingerprint density at radius 2 is 2.00 bits per heavy atom. The highest BCUT2D eigenvalue weighted by Gasteiger charge is 2.33. The average Bonchev–Trinajstić information content (AvgIpc) is 2.88. The molecule has 2 heterocycles. The van der Waals surface area contributed by atoms with Gasteiger partial charge in [0.05, 0.1) is 13.2 Å². The number of rotatable bonds is 3. The third-order valence-corrected chi connectivity index (χ3v) is 6.48. The first-order chi connectivity index (χ1) is 13.7. The molecule has 28 heavy (non-hydrogen) atoms. The molecule has 5 rings (SSSR count). The van der Waals surface area contributed by atoms with Gasteiger partial charge in [0.15, 0.2) is 11.5 Å². The van der Waals surface area contributed by atoms with E-state index in [1.165, 1.54) is 35.7 Å². The van der Waals surface area contributed by atoms with E-state index in [0.29, 0.717) is 11.8 Å². The van der Waals surface area contributed by atoms with Crippen LogP contribution in [-0.4, -0.2) is 28.2 Å². The largest absolute Gasteiger partial charge is 0.504 e. The van der Waals surface area contributed by atoms with E-state index in [9.17, 15) is 5.11 Å². The van der Waals surface area contributed by atoms with E-state index in [-0.39, 0.29) is 5.75 Å². The molecule has 0 bridgehead atoms. The second-order valence-corrected chi connectivity index (χ2v) is 8.27. The van der Waals surface area contributed by atoms with Crippen LogP contribution in [0, 0.1) is 6.92 Å². The molecule has 2 aromatic carbocycles. The number of phenols is 1. The number of benzene rings is 2. The molecule has 146 valence electrons. The van der Waals surface area contributed by atoms with Crippen molar-refractivity contribution in [1.82, 2.24) is 9.47 Å². The Balaban J connectivity index is 1.55. The van der Waals surface area contributed by atoms with Gasteiger partial charge in [-0.05, 0) is 68.0 Å². The van der Waals surface area contributed by atoms with Crippen molar-refractivity contribution < 1.29 is 9.84 Å². The van der Waals surface area contributed by atoms with Crippen molar-refractivity contribution in [3.05, 3.63) is 58.8 Å². The molecule has 1 aliphatic carbocycles. The second-order valence-electron chi connectivity index (χ2n) is 8.27. The summed E-state index contributed by atoms with van der Waals surface area (Å²) < 4.78 is 7.80. The maximum Gasteiger partial charge on any atom is 0.160 e. The van der Waals surface area contributed by atoms with E-state index in [1.54, 1.807) is 18.4 Å². The highest BCUT2D eigenvalue weighted by atomic mass is 16.5. The number of hydrogen-bond acceptors (Lipinski definition) is 3. The van der Waals surface area contributed by atoms with Crippen molar-refractivity contribution in [3.8, 4) is 11.5 Å². The Bertz CT molecular complexity index is 1030. The van der Waals surface area contributed by atoms with Crippen LogP contribution < -0.4 is 4.74 Å². The van der Waals surface area contributed by atoms with Gasteiger partial charge < -0.3 is 14.4 Å². The molecular weight excluding hydrogens is 348 g/mol. The van der Waals surface area contributed by atoms with Crippen molar-refractivity contribution in [3.63, 3.8) is 0 Å². The monoisotopic (exact) mass is 376 g/mol.